The van der Waals surface area contributed by atoms with Gasteiger partial charge in [-0.05, 0) is 13.8 Å². The molecule has 1 rings (SSSR count). The minimum Gasteiger partial charge on any atom is -0.490 e. The molecular formula is C8H15N3O. The summed E-state index contributed by atoms with van der Waals surface area (Å²) >= 11 is 0. The average molecular weight is 169 g/mol. The summed E-state index contributed by atoms with van der Waals surface area (Å²) in [6, 6.07) is -0.0762. The zero-order valence-electron chi connectivity index (χ0n) is 7.74. The van der Waals surface area contributed by atoms with Crippen LogP contribution in [0.1, 0.15) is 25.6 Å². The summed E-state index contributed by atoms with van der Waals surface area (Å²) in [5, 5.41) is 4.20. The Labute approximate surface area is 72.3 Å². The zero-order valence-corrected chi connectivity index (χ0v) is 7.74. The maximum absolute atomic E-state index is 5.70. The van der Waals surface area contributed by atoms with Crippen LogP contribution < -0.4 is 10.5 Å². The third-order valence-electron chi connectivity index (χ3n) is 1.55. The van der Waals surface area contributed by atoms with Gasteiger partial charge in [0.05, 0.1) is 12.8 Å². The summed E-state index contributed by atoms with van der Waals surface area (Å²) in [4.78, 5) is 0. The van der Waals surface area contributed by atoms with Crippen LogP contribution in [0.2, 0.25) is 0 Å². The Balaban J connectivity index is 2.92. The number of nitrogens with zero attached hydrogens (tertiary/aromatic N) is 2. The van der Waals surface area contributed by atoms with E-state index in [9.17, 15) is 0 Å². The van der Waals surface area contributed by atoms with Crippen molar-refractivity contribution in [2.75, 3.05) is 6.61 Å². The molecule has 2 N–H and O–H groups in total. The second kappa shape index (κ2) is 3.58. The van der Waals surface area contributed by atoms with E-state index in [1.165, 1.54) is 0 Å². The molecule has 0 bridgehead atoms. The highest BCUT2D eigenvalue weighted by molar-refractivity contribution is 5.26. The first-order valence-corrected chi connectivity index (χ1v) is 4.07. The summed E-state index contributed by atoms with van der Waals surface area (Å²) < 4.78 is 7.07. The molecule has 12 heavy (non-hydrogen) atoms. The molecule has 1 atom stereocenters. The largest absolute Gasteiger partial charge is 0.490 e. The normalized spacial score (nSPS) is 13.0. The van der Waals surface area contributed by atoms with Crippen molar-refractivity contribution in [2.24, 2.45) is 12.8 Å². The third-order valence-corrected chi connectivity index (χ3v) is 1.55. The van der Waals surface area contributed by atoms with Crippen LogP contribution in [0.3, 0.4) is 0 Å². The topological polar surface area (TPSA) is 53.1 Å². The lowest BCUT2D eigenvalue weighted by Crippen LogP contribution is -2.08. The van der Waals surface area contributed by atoms with E-state index >= 15 is 0 Å². The van der Waals surface area contributed by atoms with E-state index in [2.05, 4.69) is 5.10 Å². The van der Waals surface area contributed by atoms with E-state index in [0.717, 1.165) is 11.4 Å². The molecule has 4 heteroatoms. The molecule has 1 unspecified atom stereocenters. The van der Waals surface area contributed by atoms with Crippen molar-refractivity contribution in [1.29, 1.82) is 0 Å². The van der Waals surface area contributed by atoms with Gasteiger partial charge in [0.25, 0.3) is 0 Å². The van der Waals surface area contributed by atoms with Crippen LogP contribution in [0.4, 0.5) is 0 Å². The molecule has 0 saturated heterocycles. The Bertz CT molecular complexity index is 255. The Hall–Kier alpha value is -1.03. The van der Waals surface area contributed by atoms with Gasteiger partial charge in [-0.3, -0.25) is 4.68 Å². The molecule has 1 aromatic rings. The molecule has 0 spiro atoms. The summed E-state index contributed by atoms with van der Waals surface area (Å²) in [6.45, 7) is 4.48. The first-order chi connectivity index (χ1) is 5.65. The molecule has 0 aliphatic rings. The van der Waals surface area contributed by atoms with Gasteiger partial charge in [-0.25, -0.2) is 0 Å². The van der Waals surface area contributed by atoms with Crippen molar-refractivity contribution in [2.45, 2.75) is 19.9 Å². The molecular weight excluding hydrogens is 154 g/mol. The lowest BCUT2D eigenvalue weighted by molar-refractivity contribution is 0.334. The first-order valence-electron chi connectivity index (χ1n) is 4.07. The lowest BCUT2D eigenvalue weighted by atomic mass is 10.2. The molecule has 0 aromatic carbocycles. The van der Waals surface area contributed by atoms with Gasteiger partial charge >= 0.3 is 0 Å². The van der Waals surface area contributed by atoms with Crippen LogP contribution in [0.25, 0.3) is 0 Å². The number of hydrogen-bond acceptors (Lipinski definition) is 3. The quantitative estimate of drug-likeness (QED) is 0.729. The second-order valence-corrected chi connectivity index (χ2v) is 2.77. The van der Waals surface area contributed by atoms with E-state index in [1.807, 2.05) is 27.1 Å². The molecule has 0 fully saturated rings. The molecule has 0 aliphatic heterocycles. The number of nitrogens with two attached hydrogens (primary N) is 1. The van der Waals surface area contributed by atoms with Gasteiger partial charge in [0.15, 0.2) is 5.75 Å². The molecule has 0 radical (unpaired) electrons. The average Bonchev–Trinajstić information content (AvgIpc) is 2.32. The Morgan fingerprint density at radius 3 is 2.92 bits per heavy atom. The molecule has 4 nitrogen and oxygen atoms in total. The van der Waals surface area contributed by atoms with Gasteiger partial charge in [0, 0.05) is 13.1 Å². The van der Waals surface area contributed by atoms with Crippen LogP contribution in [0.5, 0.6) is 5.75 Å². The molecule has 1 aromatic heterocycles. The van der Waals surface area contributed by atoms with Crippen molar-refractivity contribution in [1.82, 2.24) is 9.78 Å². The standard InChI is InChI=1S/C8H15N3O/c1-4-12-7-5-11(3)10-8(7)6(2)9/h5-6H,4,9H2,1-3H3. The zero-order chi connectivity index (χ0) is 9.14. The number of aryl methyl sites for hydroxylation is 1. The summed E-state index contributed by atoms with van der Waals surface area (Å²) in [6.07, 6.45) is 1.84. The fourth-order valence-electron chi connectivity index (χ4n) is 1.07. The van der Waals surface area contributed by atoms with Crippen molar-refractivity contribution >= 4 is 0 Å². The van der Waals surface area contributed by atoms with Gasteiger partial charge in [-0.2, -0.15) is 5.10 Å². The van der Waals surface area contributed by atoms with Gasteiger partial charge < -0.3 is 10.5 Å². The van der Waals surface area contributed by atoms with Crippen LogP contribution >= 0.6 is 0 Å². The van der Waals surface area contributed by atoms with E-state index in [0.29, 0.717) is 6.61 Å². The molecule has 68 valence electrons. The smallest absolute Gasteiger partial charge is 0.161 e. The SMILES string of the molecule is CCOc1cn(C)nc1C(C)N. The molecule has 0 saturated carbocycles. The summed E-state index contributed by atoms with van der Waals surface area (Å²) in [5.74, 6) is 0.787. The molecule has 1 heterocycles. The fraction of sp³-hybridized carbons (Fsp3) is 0.625. The van der Waals surface area contributed by atoms with Gasteiger partial charge in [0.1, 0.15) is 5.69 Å². The monoisotopic (exact) mass is 169 g/mol. The number of aromatic nitrogens is 2. The highest BCUT2D eigenvalue weighted by Gasteiger charge is 2.11. The summed E-state index contributed by atoms with van der Waals surface area (Å²) in [5.41, 5.74) is 6.52. The van der Waals surface area contributed by atoms with Crippen molar-refractivity contribution < 1.29 is 4.74 Å². The Kier molecular flexibility index (Phi) is 2.70. The maximum atomic E-state index is 5.70. The first kappa shape index (κ1) is 9.06. The maximum Gasteiger partial charge on any atom is 0.161 e. The van der Waals surface area contributed by atoms with E-state index in [1.54, 1.807) is 4.68 Å². The minimum absolute atomic E-state index is 0.0762. The van der Waals surface area contributed by atoms with Crippen molar-refractivity contribution in [3.63, 3.8) is 0 Å². The van der Waals surface area contributed by atoms with Gasteiger partial charge in [-0.15, -0.1) is 0 Å². The van der Waals surface area contributed by atoms with Gasteiger partial charge in [0.2, 0.25) is 0 Å². The number of ether oxygens (including phenoxy) is 1. The van der Waals surface area contributed by atoms with Crippen LogP contribution in [-0.4, -0.2) is 16.4 Å². The number of rotatable bonds is 3. The Morgan fingerprint density at radius 2 is 2.42 bits per heavy atom. The van der Waals surface area contributed by atoms with Crippen LogP contribution in [-0.2, 0) is 7.05 Å². The molecule has 0 aliphatic carbocycles. The predicted molar refractivity (Wildman–Crippen MR) is 47.0 cm³/mol. The van der Waals surface area contributed by atoms with E-state index in [-0.39, 0.29) is 6.04 Å². The van der Waals surface area contributed by atoms with Crippen LogP contribution in [0, 0.1) is 0 Å². The van der Waals surface area contributed by atoms with Crippen molar-refractivity contribution in [3.05, 3.63) is 11.9 Å². The summed E-state index contributed by atoms with van der Waals surface area (Å²) in [7, 11) is 1.86. The Morgan fingerprint density at radius 1 is 1.75 bits per heavy atom. The van der Waals surface area contributed by atoms with Crippen molar-refractivity contribution in [3.8, 4) is 5.75 Å². The van der Waals surface area contributed by atoms with Crippen LogP contribution in [0.15, 0.2) is 6.20 Å². The third kappa shape index (κ3) is 1.76. The highest BCUT2D eigenvalue weighted by Crippen LogP contribution is 2.21. The van der Waals surface area contributed by atoms with E-state index < -0.39 is 0 Å². The minimum atomic E-state index is -0.0762. The fourth-order valence-corrected chi connectivity index (χ4v) is 1.07. The number of hydrogen-bond donors (Lipinski definition) is 1. The highest BCUT2D eigenvalue weighted by atomic mass is 16.5. The second-order valence-electron chi connectivity index (χ2n) is 2.77. The van der Waals surface area contributed by atoms with E-state index in [4.69, 9.17) is 10.5 Å². The lowest BCUT2D eigenvalue weighted by Gasteiger charge is -2.04. The predicted octanol–water partition coefficient (Wildman–Crippen LogP) is 0.838. The van der Waals surface area contributed by atoms with Gasteiger partial charge in [-0.1, -0.05) is 0 Å². The molecule has 0 amide bonds.